The predicted octanol–water partition coefficient (Wildman–Crippen LogP) is 8.11. The Morgan fingerprint density at radius 2 is 1.00 bits per heavy atom. The Kier molecular flexibility index (Phi) is 17.4. The van der Waals surface area contributed by atoms with E-state index in [-0.39, 0.29) is 0 Å². The molecule has 0 amide bonds. The van der Waals surface area contributed by atoms with E-state index < -0.39 is 0 Å². The molecule has 126 valence electrons. The van der Waals surface area contributed by atoms with Gasteiger partial charge >= 0.3 is 0 Å². The van der Waals surface area contributed by atoms with Crippen molar-refractivity contribution in [2.75, 3.05) is 0 Å². The molecule has 0 heterocycles. The van der Waals surface area contributed by atoms with Gasteiger partial charge in [-0.3, -0.25) is 0 Å². The average molecular weight is 287 g/mol. The van der Waals surface area contributed by atoms with Gasteiger partial charge in [-0.05, 0) is 23.2 Å². The molecule has 0 fully saturated rings. The van der Waals surface area contributed by atoms with Gasteiger partial charge in [-0.1, -0.05) is 108 Å². The lowest BCUT2D eigenvalue weighted by Crippen LogP contribution is -2.16. The van der Waals surface area contributed by atoms with E-state index in [4.69, 9.17) is 0 Å². The zero-order valence-electron chi connectivity index (χ0n) is 16.8. The Labute approximate surface area is 132 Å². The number of hydrogen-bond donors (Lipinski definition) is 0. The minimum Gasteiger partial charge on any atom is -0.0654 e. The number of rotatable bonds is 4. The molecule has 0 saturated heterocycles. The lowest BCUT2D eigenvalue weighted by Gasteiger charge is -2.28. The van der Waals surface area contributed by atoms with Crippen molar-refractivity contribution in [3.05, 3.63) is 0 Å². The molecule has 0 bridgehead atoms. The Balaban J connectivity index is -0.000000230. The molecule has 0 unspecified atom stereocenters. The van der Waals surface area contributed by atoms with Crippen molar-refractivity contribution in [3.63, 3.8) is 0 Å². The van der Waals surface area contributed by atoms with Crippen molar-refractivity contribution < 1.29 is 0 Å². The maximum Gasteiger partial charge on any atom is -0.0378 e. The average Bonchev–Trinajstić information content (AvgIpc) is 2.14. The largest absolute Gasteiger partial charge is 0.0654 e. The molecule has 0 aromatic rings. The van der Waals surface area contributed by atoms with Gasteiger partial charge in [0.15, 0.2) is 0 Å². The molecule has 0 heteroatoms. The lowest BCUT2D eigenvalue weighted by atomic mass is 9.78. The fourth-order valence-electron chi connectivity index (χ4n) is 2.52. The van der Waals surface area contributed by atoms with E-state index in [2.05, 4.69) is 76.2 Å². The van der Waals surface area contributed by atoms with Crippen LogP contribution in [0.4, 0.5) is 0 Å². The Hall–Kier alpha value is 0. The second-order valence-corrected chi connectivity index (χ2v) is 8.83. The highest BCUT2D eigenvalue weighted by atomic mass is 14.3. The summed E-state index contributed by atoms with van der Waals surface area (Å²) in [6.45, 7) is 24.9. The maximum atomic E-state index is 2.29. The third-order valence-corrected chi connectivity index (χ3v) is 2.63. The first-order chi connectivity index (χ1) is 8.89. The van der Waals surface area contributed by atoms with Gasteiger partial charge in [0.25, 0.3) is 0 Å². The highest BCUT2D eigenvalue weighted by Crippen LogP contribution is 2.31. The molecule has 0 aliphatic heterocycles. The molecule has 0 spiro atoms. The van der Waals surface area contributed by atoms with E-state index in [1.54, 1.807) is 0 Å². The summed E-state index contributed by atoms with van der Waals surface area (Å²) in [6, 6.07) is 0. The van der Waals surface area contributed by atoms with E-state index >= 15 is 0 Å². The quantitative estimate of drug-likeness (QED) is 0.489. The summed E-state index contributed by atoms with van der Waals surface area (Å²) >= 11 is 0. The van der Waals surface area contributed by atoms with Gasteiger partial charge in [-0.15, -0.1) is 0 Å². The van der Waals surface area contributed by atoms with Crippen molar-refractivity contribution in [1.82, 2.24) is 0 Å². The zero-order valence-corrected chi connectivity index (χ0v) is 16.8. The van der Waals surface area contributed by atoms with Crippen LogP contribution in [0.2, 0.25) is 0 Å². The van der Waals surface area contributed by atoms with Crippen LogP contribution >= 0.6 is 0 Å². The van der Waals surface area contributed by atoms with Gasteiger partial charge in [0.05, 0.1) is 0 Å². The van der Waals surface area contributed by atoms with Crippen LogP contribution in [0, 0.1) is 16.7 Å². The Morgan fingerprint density at radius 1 is 0.650 bits per heavy atom. The van der Waals surface area contributed by atoms with Crippen LogP contribution in [0.1, 0.15) is 115 Å². The molecule has 0 saturated carbocycles. The normalized spacial score (nSPS) is 11.4. The Morgan fingerprint density at radius 3 is 1.00 bits per heavy atom. The van der Waals surface area contributed by atoms with Crippen LogP contribution in [-0.2, 0) is 0 Å². The monoisotopic (exact) mass is 286 g/mol. The van der Waals surface area contributed by atoms with Gasteiger partial charge in [0, 0.05) is 0 Å². The molecule has 20 heavy (non-hydrogen) atoms. The van der Waals surface area contributed by atoms with Crippen LogP contribution in [0.3, 0.4) is 0 Å². The zero-order chi connectivity index (χ0) is 16.8. The highest BCUT2D eigenvalue weighted by molar-refractivity contribution is 4.71. The molecular formula is C20H46. The smallest absolute Gasteiger partial charge is 0.0378 e. The highest BCUT2D eigenvalue weighted by Gasteiger charge is 2.20. The third kappa shape index (κ3) is 43.0. The van der Waals surface area contributed by atoms with Crippen LogP contribution in [0.15, 0.2) is 0 Å². The van der Waals surface area contributed by atoms with Crippen LogP contribution in [0.25, 0.3) is 0 Å². The summed E-state index contributed by atoms with van der Waals surface area (Å²) in [6.07, 6.45) is 8.07. The van der Waals surface area contributed by atoms with E-state index in [9.17, 15) is 0 Å². The summed E-state index contributed by atoms with van der Waals surface area (Å²) in [5, 5.41) is 0. The van der Waals surface area contributed by atoms with Crippen molar-refractivity contribution in [2.24, 2.45) is 16.7 Å². The van der Waals surface area contributed by atoms with E-state index in [1.165, 1.54) is 38.5 Å². The number of hydrogen-bond acceptors (Lipinski definition) is 0. The maximum absolute atomic E-state index is 2.29. The van der Waals surface area contributed by atoms with Gasteiger partial charge in [-0.25, -0.2) is 0 Å². The summed E-state index contributed by atoms with van der Waals surface area (Å²) in [5.41, 5.74) is 0.969. The minimum atomic E-state index is 0.484. The van der Waals surface area contributed by atoms with Crippen molar-refractivity contribution in [1.29, 1.82) is 0 Å². The molecule has 0 aliphatic rings. The van der Waals surface area contributed by atoms with E-state index in [0.717, 1.165) is 5.92 Å². The van der Waals surface area contributed by atoms with E-state index in [1.807, 2.05) is 0 Å². The van der Waals surface area contributed by atoms with Gasteiger partial charge in [0.1, 0.15) is 0 Å². The summed E-state index contributed by atoms with van der Waals surface area (Å²) in [5.74, 6) is 0.898. The fourth-order valence-corrected chi connectivity index (χ4v) is 2.52. The molecular weight excluding hydrogens is 240 g/mol. The molecule has 0 N–H and O–H groups in total. The first-order valence-corrected chi connectivity index (χ1v) is 8.89. The van der Waals surface area contributed by atoms with Crippen LogP contribution < -0.4 is 0 Å². The second-order valence-electron chi connectivity index (χ2n) is 8.83. The second kappa shape index (κ2) is 14.0. The topological polar surface area (TPSA) is 0 Å². The lowest BCUT2D eigenvalue weighted by molar-refractivity contribution is 0.233. The third-order valence-electron chi connectivity index (χ3n) is 2.63. The molecule has 0 radical (unpaired) electrons. The van der Waals surface area contributed by atoms with Gasteiger partial charge in [0.2, 0.25) is 0 Å². The van der Waals surface area contributed by atoms with Gasteiger partial charge < -0.3 is 0 Å². The summed E-state index contributed by atoms with van der Waals surface area (Å²) in [7, 11) is 0. The van der Waals surface area contributed by atoms with Crippen molar-refractivity contribution in [3.8, 4) is 0 Å². The van der Waals surface area contributed by atoms with Crippen molar-refractivity contribution in [2.45, 2.75) is 115 Å². The standard InChI is InChI=1S/C9H20.C6H14.C5H12/c1-8(2,3)7-9(4,5)6;1-4-5-6(2)3;1-3-5-4-2/h7H2,1-6H3;6H,4-5H2,1-3H3;3-5H2,1-2H3. The Bertz CT molecular complexity index is 149. The first kappa shape index (κ1) is 25.0. The SMILES string of the molecule is CC(C)(C)CC(C)(C)C.CCCC(C)C.CCCCC. The molecule has 0 rings (SSSR count). The summed E-state index contributed by atoms with van der Waals surface area (Å²) in [4.78, 5) is 0. The molecule has 0 aromatic carbocycles. The van der Waals surface area contributed by atoms with Gasteiger partial charge in [-0.2, -0.15) is 0 Å². The first-order valence-electron chi connectivity index (χ1n) is 8.89. The fraction of sp³-hybridized carbons (Fsp3) is 1.00. The van der Waals surface area contributed by atoms with E-state index in [0.29, 0.717) is 10.8 Å². The molecule has 0 aliphatic carbocycles. The minimum absolute atomic E-state index is 0.484. The molecule has 0 nitrogen and oxygen atoms in total. The predicted molar refractivity (Wildman–Crippen MR) is 98.5 cm³/mol. The molecule has 0 aromatic heterocycles. The van der Waals surface area contributed by atoms with Crippen LogP contribution in [0.5, 0.6) is 0 Å². The van der Waals surface area contributed by atoms with Crippen molar-refractivity contribution >= 4 is 0 Å². The molecule has 0 atom stereocenters. The summed E-state index contributed by atoms with van der Waals surface area (Å²) < 4.78 is 0. The number of unbranched alkanes of at least 4 members (excludes halogenated alkanes) is 2. The van der Waals surface area contributed by atoms with Crippen LogP contribution in [-0.4, -0.2) is 0 Å².